The molecule has 0 fully saturated rings. The quantitative estimate of drug-likeness (QED) is 0.708. The fraction of sp³-hybridized carbons (Fsp3) is 0.250. The van der Waals surface area contributed by atoms with E-state index in [-0.39, 0.29) is 5.56 Å². The Balaban J connectivity index is 2.87. The third-order valence-corrected chi connectivity index (χ3v) is 2.44. The number of rotatable bonds is 5. The second kappa shape index (κ2) is 5.94. The highest BCUT2D eigenvalue weighted by molar-refractivity contribution is 5.98. The molecule has 7 heteroatoms. The summed E-state index contributed by atoms with van der Waals surface area (Å²) in [7, 11) is 0. The maximum absolute atomic E-state index is 12.9. The summed E-state index contributed by atoms with van der Waals surface area (Å²) >= 11 is 0. The van der Waals surface area contributed by atoms with Crippen molar-refractivity contribution in [3.05, 3.63) is 35.1 Å². The smallest absolute Gasteiger partial charge is 0.326 e. The van der Waals surface area contributed by atoms with Gasteiger partial charge in [0, 0.05) is 5.56 Å². The van der Waals surface area contributed by atoms with Crippen molar-refractivity contribution >= 4 is 17.8 Å². The lowest BCUT2D eigenvalue weighted by atomic mass is 10.1. The van der Waals surface area contributed by atoms with Crippen molar-refractivity contribution < 1.29 is 23.9 Å². The number of carbonyl (C=O) groups is 3. The topological polar surface area (TPSA) is 109 Å². The second-order valence-electron chi connectivity index (χ2n) is 3.99. The van der Waals surface area contributed by atoms with Crippen molar-refractivity contribution in [2.24, 2.45) is 5.73 Å². The number of aryl methyl sites for hydroxylation is 1. The van der Waals surface area contributed by atoms with Gasteiger partial charge in [0.05, 0.1) is 6.42 Å². The number of carboxylic acid groups (broad SMARTS) is 1. The van der Waals surface area contributed by atoms with E-state index < -0.39 is 36.1 Å². The minimum absolute atomic E-state index is 0.136. The molecule has 4 N–H and O–H groups in total. The SMILES string of the molecule is Cc1cc(F)ccc1C(=O)N[C@H](CC(N)=O)C(=O)O. The highest BCUT2D eigenvalue weighted by Gasteiger charge is 2.23. The number of nitrogens with two attached hydrogens (primary N) is 1. The van der Waals surface area contributed by atoms with Crippen LogP contribution in [-0.4, -0.2) is 28.9 Å². The van der Waals surface area contributed by atoms with E-state index in [1.165, 1.54) is 13.0 Å². The molecule has 0 unspecified atom stereocenters. The molecule has 0 aliphatic rings. The summed E-state index contributed by atoms with van der Waals surface area (Å²) in [6.07, 6.45) is -0.513. The zero-order valence-corrected chi connectivity index (χ0v) is 10.1. The Morgan fingerprint density at radius 2 is 2.05 bits per heavy atom. The number of hydrogen-bond donors (Lipinski definition) is 3. The standard InChI is InChI=1S/C12H13FN2O4/c1-6-4-7(13)2-3-8(6)11(17)15-9(12(18)19)5-10(14)16/h2-4,9H,5H2,1H3,(H2,14,16)(H,15,17)(H,18,19)/t9-/m1/s1. The first-order valence-corrected chi connectivity index (χ1v) is 5.39. The minimum Gasteiger partial charge on any atom is -0.480 e. The molecule has 0 spiro atoms. The first kappa shape index (κ1) is 14.6. The molecule has 0 aliphatic carbocycles. The summed E-state index contributed by atoms with van der Waals surface area (Å²) in [5, 5.41) is 11.0. The van der Waals surface area contributed by atoms with Crippen LogP contribution in [0.2, 0.25) is 0 Å². The van der Waals surface area contributed by atoms with Crippen LogP contribution in [0, 0.1) is 12.7 Å². The van der Waals surface area contributed by atoms with Crippen LogP contribution in [0.1, 0.15) is 22.3 Å². The van der Waals surface area contributed by atoms with Crippen LogP contribution in [0.4, 0.5) is 4.39 Å². The molecule has 102 valence electrons. The number of carbonyl (C=O) groups excluding carboxylic acids is 2. The number of hydrogen-bond acceptors (Lipinski definition) is 3. The molecule has 2 amide bonds. The summed E-state index contributed by atoms with van der Waals surface area (Å²) in [6, 6.07) is 2.07. The number of nitrogens with one attached hydrogen (secondary N) is 1. The van der Waals surface area contributed by atoms with Gasteiger partial charge in [0.1, 0.15) is 11.9 Å². The number of aliphatic carboxylic acids is 1. The number of carboxylic acids is 1. The van der Waals surface area contributed by atoms with Crippen LogP contribution in [-0.2, 0) is 9.59 Å². The van der Waals surface area contributed by atoms with E-state index in [0.29, 0.717) is 5.56 Å². The van der Waals surface area contributed by atoms with E-state index in [4.69, 9.17) is 10.8 Å². The van der Waals surface area contributed by atoms with Crippen LogP contribution in [0.15, 0.2) is 18.2 Å². The van der Waals surface area contributed by atoms with Crippen LogP contribution in [0.25, 0.3) is 0 Å². The normalized spacial score (nSPS) is 11.7. The summed E-state index contributed by atoms with van der Waals surface area (Å²) in [6.45, 7) is 1.52. The highest BCUT2D eigenvalue weighted by Crippen LogP contribution is 2.10. The van der Waals surface area contributed by atoms with Crippen molar-refractivity contribution in [3.8, 4) is 0 Å². The predicted octanol–water partition coefficient (Wildman–Crippen LogP) is 0.193. The van der Waals surface area contributed by atoms with Crippen LogP contribution in [0.5, 0.6) is 0 Å². The van der Waals surface area contributed by atoms with Gasteiger partial charge in [-0.1, -0.05) is 0 Å². The minimum atomic E-state index is -1.41. The van der Waals surface area contributed by atoms with Crippen LogP contribution in [0.3, 0.4) is 0 Å². The Kier molecular flexibility index (Phi) is 4.57. The predicted molar refractivity (Wildman–Crippen MR) is 63.8 cm³/mol. The molecule has 1 atom stereocenters. The van der Waals surface area contributed by atoms with Gasteiger partial charge in [0.25, 0.3) is 5.91 Å². The molecule has 0 saturated heterocycles. The molecule has 0 aliphatic heterocycles. The fourth-order valence-electron chi connectivity index (χ4n) is 1.52. The van der Waals surface area contributed by atoms with Gasteiger partial charge in [0.15, 0.2) is 0 Å². The van der Waals surface area contributed by atoms with E-state index in [0.717, 1.165) is 12.1 Å². The monoisotopic (exact) mass is 268 g/mol. The molecule has 0 bridgehead atoms. The molecular formula is C12H13FN2O4. The molecule has 19 heavy (non-hydrogen) atoms. The van der Waals surface area contributed by atoms with Crippen molar-refractivity contribution in [3.63, 3.8) is 0 Å². The van der Waals surface area contributed by atoms with Gasteiger partial charge in [-0.3, -0.25) is 9.59 Å². The molecule has 6 nitrogen and oxygen atoms in total. The largest absolute Gasteiger partial charge is 0.480 e. The zero-order valence-electron chi connectivity index (χ0n) is 10.1. The van der Waals surface area contributed by atoms with E-state index in [1.807, 2.05) is 0 Å². The molecule has 1 rings (SSSR count). The molecule has 1 aromatic carbocycles. The van der Waals surface area contributed by atoms with Crippen molar-refractivity contribution in [1.82, 2.24) is 5.32 Å². The van der Waals surface area contributed by atoms with Crippen molar-refractivity contribution in [2.45, 2.75) is 19.4 Å². The average Bonchev–Trinajstić information content (AvgIpc) is 2.26. The average molecular weight is 268 g/mol. The van der Waals surface area contributed by atoms with E-state index in [1.54, 1.807) is 0 Å². The highest BCUT2D eigenvalue weighted by atomic mass is 19.1. The summed E-state index contributed by atoms with van der Waals surface area (Å²) < 4.78 is 12.9. The van der Waals surface area contributed by atoms with Crippen molar-refractivity contribution in [1.29, 1.82) is 0 Å². The molecule has 1 aromatic rings. The Bertz CT molecular complexity index is 530. The Hall–Kier alpha value is -2.44. The maximum Gasteiger partial charge on any atom is 0.326 e. The molecular weight excluding hydrogens is 255 g/mol. The van der Waals surface area contributed by atoms with Gasteiger partial charge in [-0.2, -0.15) is 0 Å². The number of benzene rings is 1. The molecule has 0 heterocycles. The van der Waals surface area contributed by atoms with Crippen LogP contribution >= 0.6 is 0 Å². The van der Waals surface area contributed by atoms with E-state index in [9.17, 15) is 18.8 Å². The van der Waals surface area contributed by atoms with Gasteiger partial charge in [-0.15, -0.1) is 0 Å². The van der Waals surface area contributed by atoms with Gasteiger partial charge in [-0.05, 0) is 30.7 Å². The molecule has 0 radical (unpaired) electrons. The number of halogens is 1. The lowest BCUT2D eigenvalue weighted by molar-refractivity contribution is -0.140. The lowest BCUT2D eigenvalue weighted by Crippen LogP contribution is -2.43. The summed E-state index contributed by atoms with van der Waals surface area (Å²) in [4.78, 5) is 33.4. The fourth-order valence-corrected chi connectivity index (χ4v) is 1.52. The van der Waals surface area contributed by atoms with Crippen molar-refractivity contribution in [2.75, 3.05) is 0 Å². The van der Waals surface area contributed by atoms with E-state index in [2.05, 4.69) is 5.32 Å². The molecule has 0 aromatic heterocycles. The Morgan fingerprint density at radius 3 is 2.53 bits per heavy atom. The molecule has 0 saturated carbocycles. The zero-order chi connectivity index (χ0) is 14.6. The van der Waals surface area contributed by atoms with Gasteiger partial charge >= 0.3 is 5.97 Å². The first-order valence-electron chi connectivity index (χ1n) is 5.39. The summed E-state index contributed by atoms with van der Waals surface area (Å²) in [5.74, 6) is -3.41. The van der Waals surface area contributed by atoms with Gasteiger partial charge in [-0.25, -0.2) is 9.18 Å². The third kappa shape index (κ3) is 4.06. The lowest BCUT2D eigenvalue weighted by Gasteiger charge is -2.13. The van der Waals surface area contributed by atoms with Crippen LogP contribution < -0.4 is 11.1 Å². The maximum atomic E-state index is 12.9. The Morgan fingerprint density at radius 1 is 1.42 bits per heavy atom. The first-order chi connectivity index (χ1) is 8.81. The number of amides is 2. The van der Waals surface area contributed by atoms with Gasteiger partial charge in [0.2, 0.25) is 5.91 Å². The van der Waals surface area contributed by atoms with Gasteiger partial charge < -0.3 is 16.2 Å². The van der Waals surface area contributed by atoms with E-state index >= 15 is 0 Å². The third-order valence-electron chi connectivity index (χ3n) is 2.44. The summed E-state index contributed by atoms with van der Waals surface area (Å²) in [5.41, 5.74) is 5.39. The second-order valence-corrected chi connectivity index (χ2v) is 3.99. The Labute approximate surface area is 108 Å². The number of primary amides is 1.